The molecule has 3 heterocycles. The van der Waals surface area contributed by atoms with E-state index in [9.17, 15) is 9.59 Å². The van der Waals surface area contributed by atoms with Crippen molar-refractivity contribution in [1.29, 1.82) is 0 Å². The van der Waals surface area contributed by atoms with Gasteiger partial charge in [-0.3, -0.25) is 14.3 Å². The minimum absolute atomic E-state index is 0.0855. The molecule has 5 rings (SSSR count). The van der Waals surface area contributed by atoms with E-state index in [2.05, 4.69) is 10.4 Å². The summed E-state index contributed by atoms with van der Waals surface area (Å²) in [6.45, 7) is 0.583. The van der Waals surface area contributed by atoms with Crippen LogP contribution in [-0.4, -0.2) is 45.6 Å². The Morgan fingerprint density at radius 2 is 1.84 bits per heavy atom. The van der Waals surface area contributed by atoms with Crippen molar-refractivity contribution < 1.29 is 9.59 Å². The molecule has 1 fully saturated rings. The van der Waals surface area contributed by atoms with E-state index in [0.717, 1.165) is 27.0 Å². The predicted octanol–water partition coefficient (Wildman–Crippen LogP) is 3.49. The molecule has 0 bridgehead atoms. The lowest BCUT2D eigenvalue weighted by Crippen LogP contribution is -2.56. The zero-order valence-electron chi connectivity index (χ0n) is 17.1. The molecular weight excluding hydrogens is 408 g/mol. The van der Waals surface area contributed by atoms with E-state index in [4.69, 9.17) is 0 Å². The molecule has 0 spiro atoms. The Balaban J connectivity index is 1.41. The van der Waals surface area contributed by atoms with Crippen molar-refractivity contribution in [3.63, 3.8) is 0 Å². The second-order valence-electron chi connectivity index (χ2n) is 7.81. The number of piperazine rings is 1. The highest BCUT2D eigenvalue weighted by Crippen LogP contribution is 2.34. The maximum absolute atomic E-state index is 13.3. The molecule has 0 radical (unpaired) electrons. The van der Waals surface area contributed by atoms with Crippen LogP contribution in [-0.2, 0) is 18.3 Å². The number of fused-ring (bicyclic) bond motifs is 1. The van der Waals surface area contributed by atoms with Crippen molar-refractivity contribution in [2.24, 2.45) is 7.05 Å². The lowest BCUT2D eigenvalue weighted by Gasteiger charge is -2.33. The van der Waals surface area contributed by atoms with E-state index in [0.29, 0.717) is 17.8 Å². The smallest absolute Gasteiger partial charge is 0.264 e. The largest absolute Gasteiger partial charge is 0.350 e. The Labute approximate surface area is 184 Å². The Morgan fingerprint density at radius 1 is 1.13 bits per heavy atom. The first-order chi connectivity index (χ1) is 15.1. The van der Waals surface area contributed by atoms with Gasteiger partial charge in [0.2, 0.25) is 5.91 Å². The normalized spacial score (nSPS) is 16.5. The number of nitrogens with one attached hydrogen (secondary N) is 1. The predicted molar refractivity (Wildman–Crippen MR) is 122 cm³/mol. The molecule has 1 aliphatic heterocycles. The minimum atomic E-state index is -0.117. The monoisotopic (exact) mass is 430 g/mol. The van der Waals surface area contributed by atoms with Crippen LogP contribution in [0.5, 0.6) is 0 Å². The summed E-state index contributed by atoms with van der Waals surface area (Å²) in [5.41, 5.74) is 3.03. The van der Waals surface area contributed by atoms with Crippen molar-refractivity contribution in [3.05, 3.63) is 77.2 Å². The van der Waals surface area contributed by atoms with Gasteiger partial charge in [0.25, 0.3) is 5.91 Å². The van der Waals surface area contributed by atoms with Gasteiger partial charge in [0.05, 0.1) is 17.5 Å². The van der Waals surface area contributed by atoms with Crippen LogP contribution in [0.4, 0.5) is 0 Å². The zero-order valence-corrected chi connectivity index (χ0v) is 17.9. The van der Waals surface area contributed by atoms with E-state index in [1.54, 1.807) is 4.90 Å². The topological polar surface area (TPSA) is 67.2 Å². The molecule has 7 heteroatoms. The molecule has 6 nitrogen and oxygen atoms in total. The summed E-state index contributed by atoms with van der Waals surface area (Å²) in [5, 5.41) is 8.62. The molecule has 0 saturated carbocycles. The minimum Gasteiger partial charge on any atom is -0.350 e. The van der Waals surface area contributed by atoms with Gasteiger partial charge in [-0.1, -0.05) is 60.7 Å². The van der Waals surface area contributed by atoms with Gasteiger partial charge >= 0.3 is 0 Å². The highest BCUT2D eigenvalue weighted by molar-refractivity contribution is 7.20. The van der Waals surface area contributed by atoms with E-state index in [1.165, 1.54) is 11.3 Å². The lowest BCUT2D eigenvalue weighted by atomic mass is 10.0. The van der Waals surface area contributed by atoms with Crippen LogP contribution in [0.15, 0.2) is 66.7 Å². The van der Waals surface area contributed by atoms with Crippen LogP contribution >= 0.6 is 11.3 Å². The van der Waals surface area contributed by atoms with E-state index in [-0.39, 0.29) is 24.4 Å². The van der Waals surface area contributed by atoms with Gasteiger partial charge in [-0.25, -0.2) is 0 Å². The SMILES string of the molecule is Cn1nc(-c2ccccc2)c2cc(C(=O)N3CC(=O)N[C@@H](Cc4ccccc4)C3)sc21. The van der Waals surface area contributed by atoms with Crippen molar-refractivity contribution in [1.82, 2.24) is 20.0 Å². The number of aromatic nitrogens is 2. The first kappa shape index (κ1) is 19.5. The summed E-state index contributed by atoms with van der Waals surface area (Å²) < 4.78 is 1.82. The van der Waals surface area contributed by atoms with Gasteiger partial charge in [0, 0.05) is 24.5 Å². The van der Waals surface area contributed by atoms with E-state index < -0.39 is 0 Å². The average Bonchev–Trinajstić information content (AvgIpc) is 3.35. The summed E-state index contributed by atoms with van der Waals surface area (Å²) in [5.74, 6) is -0.221. The molecule has 1 N–H and O–H groups in total. The van der Waals surface area contributed by atoms with Crippen LogP contribution in [0.25, 0.3) is 21.5 Å². The maximum Gasteiger partial charge on any atom is 0.264 e. The lowest BCUT2D eigenvalue weighted by molar-refractivity contribution is -0.124. The Bertz CT molecular complexity index is 1250. The van der Waals surface area contributed by atoms with Crippen LogP contribution in [0, 0.1) is 0 Å². The zero-order chi connectivity index (χ0) is 21.4. The number of hydrogen-bond acceptors (Lipinski definition) is 4. The van der Waals surface area contributed by atoms with Crippen molar-refractivity contribution >= 4 is 33.4 Å². The molecule has 2 aromatic carbocycles. The summed E-state index contributed by atoms with van der Waals surface area (Å²) in [7, 11) is 1.89. The summed E-state index contributed by atoms with van der Waals surface area (Å²) in [6.07, 6.45) is 0.699. The van der Waals surface area contributed by atoms with Crippen LogP contribution in [0.3, 0.4) is 0 Å². The van der Waals surface area contributed by atoms with Crippen LogP contribution in [0.2, 0.25) is 0 Å². The van der Waals surface area contributed by atoms with Gasteiger partial charge in [-0.2, -0.15) is 5.10 Å². The second-order valence-corrected chi connectivity index (χ2v) is 8.84. The fraction of sp³-hybridized carbons (Fsp3) is 0.208. The molecule has 156 valence electrons. The van der Waals surface area contributed by atoms with Gasteiger partial charge in [0.15, 0.2) is 0 Å². The number of benzene rings is 2. The molecule has 0 aliphatic carbocycles. The molecule has 1 saturated heterocycles. The van der Waals surface area contributed by atoms with Gasteiger partial charge in [0.1, 0.15) is 10.5 Å². The summed E-state index contributed by atoms with van der Waals surface area (Å²) in [4.78, 5) is 28.8. The molecule has 2 aromatic heterocycles. The molecule has 4 aromatic rings. The number of aryl methyl sites for hydroxylation is 1. The quantitative estimate of drug-likeness (QED) is 0.539. The standard InChI is InChI=1S/C24H22N4O2S/c1-27-24-19(22(26-27)17-10-6-3-7-11-17)13-20(31-24)23(30)28-14-18(25-21(29)15-28)12-16-8-4-2-5-9-16/h2-11,13,18H,12,14-15H2,1H3,(H,25,29)/t18-/m0/s1. The number of nitrogens with zero attached hydrogens (tertiary/aromatic N) is 3. The highest BCUT2D eigenvalue weighted by atomic mass is 32.1. The average molecular weight is 431 g/mol. The molecular formula is C24H22N4O2S. The second kappa shape index (κ2) is 8.00. The third-order valence-corrected chi connectivity index (χ3v) is 6.71. The summed E-state index contributed by atoms with van der Waals surface area (Å²) >= 11 is 1.43. The first-order valence-corrected chi connectivity index (χ1v) is 11.0. The molecule has 1 aliphatic rings. The fourth-order valence-electron chi connectivity index (χ4n) is 4.10. The van der Waals surface area contributed by atoms with Crippen molar-refractivity contribution in [3.8, 4) is 11.3 Å². The third-order valence-electron chi connectivity index (χ3n) is 5.52. The maximum atomic E-state index is 13.3. The number of amides is 2. The Hall–Kier alpha value is -3.45. The highest BCUT2D eigenvalue weighted by Gasteiger charge is 2.30. The third kappa shape index (κ3) is 3.84. The molecule has 31 heavy (non-hydrogen) atoms. The van der Waals surface area contributed by atoms with Crippen molar-refractivity contribution in [2.45, 2.75) is 12.5 Å². The first-order valence-electron chi connectivity index (χ1n) is 10.2. The Morgan fingerprint density at radius 3 is 2.58 bits per heavy atom. The number of carbonyl (C=O) groups excluding carboxylic acids is 2. The molecule has 2 amide bonds. The Kier molecular flexibility index (Phi) is 5.03. The van der Waals surface area contributed by atoms with Gasteiger partial charge in [-0.05, 0) is 18.1 Å². The van der Waals surface area contributed by atoms with E-state index in [1.807, 2.05) is 78.5 Å². The number of thiophene rings is 1. The molecule has 0 unspecified atom stereocenters. The van der Waals surface area contributed by atoms with Crippen LogP contribution < -0.4 is 5.32 Å². The number of rotatable bonds is 4. The molecule has 1 atom stereocenters. The van der Waals surface area contributed by atoms with Gasteiger partial charge in [-0.15, -0.1) is 11.3 Å². The number of carbonyl (C=O) groups is 2. The summed E-state index contributed by atoms with van der Waals surface area (Å²) in [6, 6.07) is 21.8. The van der Waals surface area contributed by atoms with Crippen molar-refractivity contribution in [2.75, 3.05) is 13.1 Å². The van der Waals surface area contributed by atoms with E-state index >= 15 is 0 Å². The fourth-order valence-corrected chi connectivity index (χ4v) is 5.14. The van der Waals surface area contributed by atoms with Crippen LogP contribution in [0.1, 0.15) is 15.2 Å². The van der Waals surface area contributed by atoms with Gasteiger partial charge < -0.3 is 10.2 Å². The number of hydrogen-bond donors (Lipinski definition) is 1.